The molecule has 1 heterocycles. The van der Waals surface area contributed by atoms with Crippen LogP contribution in [0, 0.1) is 11.3 Å². The summed E-state index contributed by atoms with van der Waals surface area (Å²) < 4.78 is 5.39. The van der Waals surface area contributed by atoms with Crippen molar-refractivity contribution in [3.05, 3.63) is 0 Å². The smallest absolute Gasteiger partial charge is 0.0594 e. The molecule has 0 radical (unpaired) electrons. The molecular formula is C13H25NO. The molecule has 1 saturated carbocycles. The fourth-order valence-corrected chi connectivity index (χ4v) is 2.49. The van der Waals surface area contributed by atoms with Gasteiger partial charge in [0.15, 0.2) is 0 Å². The molecule has 1 aliphatic heterocycles. The maximum atomic E-state index is 5.39. The minimum absolute atomic E-state index is 0.710. The van der Waals surface area contributed by atoms with E-state index in [4.69, 9.17) is 4.74 Å². The normalized spacial score (nSPS) is 25.8. The Kier molecular flexibility index (Phi) is 3.68. The summed E-state index contributed by atoms with van der Waals surface area (Å²) in [4.78, 5) is 2.61. The summed E-state index contributed by atoms with van der Waals surface area (Å²) in [7, 11) is 0. The fourth-order valence-electron chi connectivity index (χ4n) is 2.49. The molecule has 2 nitrogen and oxygen atoms in total. The van der Waals surface area contributed by atoms with Crippen molar-refractivity contribution >= 4 is 0 Å². The van der Waals surface area contributed by atoms with Gasteiger partial charge in [0.25, 0.3) is 0 Å². The maximum absolute atomic E-state index is 5.39. The molecule has 1 saturated heterocycles. The van der Waals surface area contributed by atoms with Gasteiger partial charge in [-0.25, -0.2) is 0 Å². The Bertz CT molecular complexity index is 193. The number of ether oxygens (including phenoxy) is 1. The molecule has 0 N–H and O–H groups in total. The van der Waals surface area contributed by atoms with E-state index in [2.05, 4.69) is 18.7 Å². The predicted molar refractivity (Wildman–Crippen MR) is 63.0 cm³/mol. The van der Waals surface area contributed by atoms with Gasteiger partial charge in [-0.05, 0) is 30.6 Å². The van der Waals surface area contributed by atoms with Gasteiger partial charge >= 0.3 is 0 Å². The molecule has 0 unspecified atom stereocenters. The van der Waals surface area contributed by atoms with Gasteiger partial charge < -0.3 is 4.74 Å². The molecular weight excluding hydrogens is 186 g/mol. The van der Waals surface area contributed by atoms with Crippen LogP contribution in [-0.2, 0) is 4.74 Å². The summed E-state index contributed by atoms with van der Waals surface area (Å²) in [5.74, 6) is 0.868. The highest BCUT2D eigenvalue weighted by atomic mass is 16.5. The first-order chi connectivity index (χ1) is 7.20. The van der Waals surface area contributed by atoms with Crippen LogP contribution in [0.2, 0.25) is 0 Å². The number of hydrogen-bond donors (Lipinski definition) is 0. The summed E-state index contributed by atoms with van der Waals surface area (Å²) in [6.07, 6.45) is 5.79. The predicted octanol–water partition coefficient (Wildman–Crippen LogP) is 2.54. The molecule has 2 heteroatoms. The standard InChI is InChI=1S/C13H25NO/c1-12(2)3-4-13(5-6-13)11-14-7-9-15-10-8-14/h12H,3-11H2,1-2H3. The van der Waals surface area contributed by atoms with Crippen molar-refractivity contribution in [2.24, 2.45) is 11.3 Å². The highest BCUT2D eigenvalue weighted by Gasteiger charge is 2.43. The van der Waals surface area contributed by atoms with Gasteiger partial charge in [-0.2, -0.15) is 0 Å². The Hall–Kier alpha value is -0.0800. The molecule has 1 aliphatic carbocycles. The van der Waals surface area contributed by atoms with Gasteiger partial charge in [-0.3, -0.25) is 4.90 Å². The second-order valence-electron chi connectivity index (χ2n) is 5.82. The quantitative estimate of drug-likeness (QED) is 0.693. The van der Waals surface area contributed by atoms with Gasteiger partial charge in [0, 0.05) is 19.6 Å². The third-order valence-electron chi connectivity index (χ3n) is 3.87. The SMILES string of the molecule is CC(C)CCC1(CN2CCOCC2)CC1. The Balaban J connectivity index is 1.72. The summed E-state index contributed by atoms with van der Waals surface area (Å²) >= 11 is 0. The van der Waals surface area contributed by atoms with Crippen LogP contribution in [-0.4, -0.2) is 37.7 Å². The monoisotopic (exact) mass is 211 g/mol. The third kappa shape index (κ3) is 3.46. The summed E-state index contributed by atoms with van der Waals surface area (Å²) in [6, 6.07) is 0. The molecule has 0 spiro atoms. The van der Waals surface area contributed by atoms with Crippen LogP contribution < -0.4 is 0 Å². The lowest BCUT2D eigenvalue weighted by Gasteiger charge is -2.30. The Morgan fingerprint density at radius 1 is 1.20 bits per heavy atom. The largest absolute Gasteiger partial charge is 0.379 e. The molecule has 0 atom stereocenters. The maximum Gasteiger partial charge on any atom is 0.0594 e. The lowest BCUT2D eigenvalue weighted by Crippen LogP contribution is -2.40. The first kappa shape index (κ1) is 11.4. The first-order valence-corrected chi connectivity index (χ1v) is 6.50. The first-order valence-electron chi connectivity index (χ1n) is 6.50. The van der Waals surface area contributed by atoms with E-state index in [1.54, 1.807) is 0 Å². The highest BCUT2D eigenvalue weighted by Crippen LogP contribution is 2.50. The van der Waals surface area contributed by atoms with Crippen LogP contribution in [0.1, 0.15) is 39.5 Å². The summed E-state index contributed by atoms with van der Waals surface area (Å²) in [5, 5.41) is 0. The molecule has 2 rings (SSSR count). The molecule has 0 bridgehead atoms. The van der Waals surface area contributed by atoms with Crippen molar-refractivity contribution in [2.75, 3.05) is 32.8 Å². The van der Waals surface area contributed by atoms with E-state index in [1.165, 1.54) is 32.2 Å². The van der Waals surface area contributed by atoms with Crippen LogP contribution >= 0.6 is 0 Å². The van der Waals surface area contributed by atoms with E-state index in [9.17, 15) is 0 Å². The van der Waals surface area contributed by atoms with E-state index < -0.39 is 0 Å². The molecule has 15 heavy (non-hydrogen) atoms. The van der Waals surface area contributed by atoms with Gasteiger partial charge in [0.2, 0.25) is 0 Å². The van der Waals surface area contributed by atoms with E-state index in [-0.39, 0.29) is 0 Å². The number of hydrogen-bond acceptors (Lipinski definition) is 2. The van der Waals surface area contributed by atoms with E-state index >= 15 is 0 Å². The topological polar surface area (TPSA) is 12.5 Å². The van der Waals surface area contributed by atoms with Crippen molar-refractivity contribution in [1.82, 2.24) is 4.90 Å². The lowest BCUT2D eigenvalue weighted by atomic mass is 9.94. The minimum atomic E-state index is 0.710. The molecule has 88 valence electrons. The van der Waals surface area contributed by atoms with Crippen molar-refractivity contribution in [3.8, 4) is 0 Å². The fraction of sp³-hybridized carbons (Fsp3) is 1.00. The molecule has 0 aromatic heterocycles. The average molecular weight is 211 g/mol. The van der Waals surface area contributed by atoms with Crippen molar-refractivity contribution in [1.29, 1.82) is 0 Å². The molecule has 0 aromatic carbocycles. The number of nitrogens with zero attached hydrogens (tertiary/aromatic N) is 1. The molecule has 2 fully saturated rings. The van der Waals surface area contributed by atoms with Crippen molar-refractivity contribution in [2.45, 2.75) is 39.5 Å². The summed E-state index contributed by atoms with van der Waals surface area (Å²) in [6.45, 7) is 10.2. The van der Waals surface area contributed by atoms with Gasteiger partial charge in [-0.1, -0.05) is 20.3 Å². The average Bonchev–Trinajstić information content (AvgIpc) is 2.97. The lowest BCUT2D eigenvalue weighted by molar-refractivity contribution is 0.0272. The van der Waals surface area contributed by atoms with Crippen molar-refractivity contribution < 1.29 is 4.74 Å². The van der Waals surface area contributed by atoms with Crippen LogP contribution in [0.3, 0.4) is 0 Å². The Labute approximate surface area is 94.0 Å². The molecule has 0 amide bonds. The Morgan fingerprint density at radius 2 is 1.87 bits per heavy atom. The van der Waals surface area contributed by atoms with E-state index in [0.29, 0.717) is 5.41 Å². The van der Waals surface area contributed by atoms with Gasteiger partial charge in [0.1, 0.15) is 0 Å². The summed E-state index contributed by atoms with van der Waals surface area (Å²) in [5.41, 5.74) is 0.710. The zero-order chi connectivity index (χ0) is 10.7. The van der Waals surface area contributed by atoms with Crippen LogP contribution in [0.4, 0.5) is 0 Å². The highest BCUT2D eigenvalue weighted by molar-refractivity contribution is 4.95. The number of rotatable bonds is 5. The van der Waals surface area contributed by atoms with Crippen LogP contribution in [0.25, 0.3) is 0 Å². The minimum Gasteiger partial charge on any atom is -0.379 e. The van der Waals surface area contributed by atoms with E-state index in [1.807, 2.05) is 0 Å². The molecule has 2 aliphatic rings. The zero-order valence-corrected chi connectivity index (χ0v) is 10.3. The third-order valence-corrected chi connectivity index (χ3v) is 3.87. The molecule has 0 aromatic rings. The second-order valence-corrected chi connectivity index (χ2v) is 5.82. The van der Waals surface area contributed by atoms with Crippen LogP contribution in [0.5, 0.6) is 0 Å². The Morgan fingerprint density at radius 3 is 2.40 bits per heavy atom. The van der Waals surface area contributed by atoms with Gasteiger partial charge in [-0.15, -0.1) is 0 Å². The second kappa shape index (κ2) is 4.84. The van der Waals surface area contributed by atoms with E-state index in [0.717, 1.165) is 32.2 Å². The number of morpholine rings is 1. The van der Waals surface area contributed by atoms with Gasteiger partial charge in [0.05, 0.1) is 13.2 Å². The zero-order valence-electron chi connectivity index (χ0n) is 10.3. The van der Waals surface area contributed by atoms with Crippen LogP contribution in [0.15, 0.2) is 0 Å². The van der Waals surface area contributed by atoms with Crippen molar-refractivity contribution in [3.63, 3.8) is 0 Å².